The summed E-state index contributed by atoms with van der Waals surface area (Å²) in [7, 11) is 1.77. The molecule has 0 radical (unpaired) electrons. The van der Waals surface area contributed by atoms with Gasteiger partial charge in [0.2, 0.25) is 0 Å². The van der Waals surface area contributed by atoms with Crippen molar-refractivity contribution in [3.8, 4) is 5.75 Å². The molecule has 22 heavy (non-hydrogen) atoms. The maximum atomic E-state index is 5.82. The van der Waals surface area contributed by atoms with E-state index in [1.54, 1.807) is 13.3 Å². The molecule has 1 N–H and O–H groups in total. The highest BCUT2D eigenvalue weighted by Gasteiger charge is 2.25. The van der Waals surface area contributed by atoms with E-state index in [-0.39, 0.29) is 5.41 Å². The van der Waals surface area contributed by atoms with Gasteiger partial charge in [-0.1, -0.05) is 45.4 Å². The number of aromatic amines is 1. The van der Waals surface area contributed by atoms with Gasteiger partial charge in [0, 0.05) is 12.0 Å². The maximum Gasteiger partial charge on any atom is 0.126 e. The Labute approximate surface area is 133 Å². The van der Waals surface area contributed by atoms with Crippen molar-refractivity contribution in [2.45, 2.75) is 58.8 Å². The Kier molecular flexibility index (Phi) is 4.89. The van der Waals surface area contributed by atoms with Crippen molar-refractivity contribution < 1.29 is 4.74 Å². The summed E-state index contributed by atoms with van der Waals surface area (Å²) in [5.41, 5.74) is 4.87. The Morgan fingerprint density at radius 3 is 2.50 bits per heavy atom. The van der Waals surface area contributed by atoms with Gasteiger partial charge in [0.1, 0.15) is 5.75 Å². The zero-order valence-electron chi connectivity index (χ0n) is 14.5. The first-order valence-electron chi connectivity index (χ1n) is 7.90. The van der Waals surface area contributed by atoms with Gasteiger partial charge in [0.25, 0.3) is 0 Å². The van der Waals surface area contributed by atoms with Gasteiger partial charge in [-0.05, 0) is 30.2 Å². The van der Waals surface area contributed by atoms with Gasteiger partial charge < -0.3 is 4.74 Å². The van der Waals surface area contributed by atoms with Crippen LogP contribution in [0.15, 0.2) is 18.3 Å². The number of H-pyrrole nitrogens is 1. The van der Waals surface area contributed by atoms with Crippen LogP contribution in [0.5, 0.6) is 5.75 Å². The van der Waals surface area contributed by atoms with Gasteiger partial charge in [0.05, 0.1) is 19.0 Å². The number of aromatic nitrogens is 3. The SMILES string of the molecule is CCC(Cc1cn[nH]n1)c1cc(C)cc(C(C)(C)C)c1OC. The molecule has 1 aromatic heterocycles. The summed E-state index contributed by atoms with van der Waals surface area (Å²) in [4.78, 5) is 0. The van der Waals surface area contributed by atoms with E-state index in [4.69, 9.17) is 4.74 Å². The van der Waals surface area contributed by atoms with Gasteiger partial charge in [-0.2, -0.15) is 15.4 Å². The fraction of sp³-hybridized carbons (Fsp3) is 0.556. The number of nitrogens with zero attached hydrogens (tertiary/aromatic N) is 2. The zero-order chi connectivity index (χ0) is 16.3. The summed E-state index contributed by atoms with van der Waals surface area (Å²) in [6.45, 7) is 11.1. The number of ether oxygens (including phenoxy) is 1. The Balaban J connectivity index is 2.50. The van der Waals surface area contributed by atoms with Gasteiger partial charge >= 0.3 is 0 Å². The molecule has 2 rings (SSSR count). The third-order valence-corrected chi connectivity index (χ3v) is 4.13. The molecule has 0 amide bonds. The van der Waals surface area contributed by atoms with E-state index in [9.17, 15) is 0 Å². The van der Waals surface area contributed by atoms with Crippen molar-refractivity contribution in [2.75, 3.05) is 7.11 Å². The van der Waals surface area contributed by atoms with Crippen LogP contribution in [-0.2, 0) is 11.8 Å². The molecular formula is C18H27N3O. The Morgan fingerprint density at radius 2 is 2.00 bits per heavy atom. The lowest BCUT2D eigenvalue weighted by molar-refractivity contribution is 0.387. The summed E-state index contributed by atoms with van der Waals surface area (Å²) in [6.07, 6.45) is 3.71. The van der Waals surface area contributed by atoms with Crippen LogP contribution in [-0.4, -0.2) is 22.5 Å². The van der Waals surface area contributed by atoms with E-state index in [0.717, 1.165) is 24.3 Å². The molecule has 2 aromatic rings. The first-order valence-corrected chi connectivity index (χ1v) is 7.90. The van der Waals surface area contributed by atoms with Crippen molar-refractivity contribution in [1.29, 1.82) is 0 Å². The summed E-state index contributed by atoms with van der Waals surface area (Å²) < 4.78 is 5.82. The van der Waals surface area contributed by atoms with Crippen molar-refractivity contribution in [2.24, 2.45) is 0 Å². The second kappa shape index (κ2) is 6.51. The normalized spacial score (nSPS) is 13.2. The second-order valence-electron chi connectivity index (χ2n) is 6.96. The van der Waals surface area contributed by atoms with Crippen molar-refractivity contribution in [3.05, 3.63) is 40.7 Å². The number of aryl methyl sites for hydroxylation is 1. The molecule has 1 heterocycles. The van der Waals surface area contributed by atoms with E-state index < -0.39 is 0 Å². The first-order chi connectivity index (χ1) is 10.4. The number of methoxy groups -OCH3 is 1. The lowest BCUT2D eigenvalue weighted by Gasteiger charge is -2.27. The Bertz CT molecular complexity index is 612. The standard InChI is InChI=1S/C18H27N3O/c1-7-13(10-14-11-19-21-20-14)15-8-12(2)9-16(17(15)22-6)18(3,4)5/h8-9,11,13H,7,10H2,1-6H3,(H,19,20,21). The summed E-state index contributed by atoms with van der Waals surface area (Å²) in [6, 6.07) is 4.49. The van der Waals surface area contributed by atoms with Crippen molar-refractivity contribution in [3.63, 3.8) is 0 Å². The minimum absolute atomic E-state index is 0.0539. The average molecular weight is 301 g/mol. The topological polar surface area (TPSA) is 50.8 Å². The maximum absolute atomic E-state index is 5.82. The average Bonchev–Trinajstić information content (AvgIpc) is 2.96. The number of nitrogens with one attached hydrogen (secondary N) is 1. The molecule has 120 valence electrons. The summed E-state index contributed by atoms with van der Waals surface area (Å²) in [5, 5.41) is 10.8. The van der Waals surface area contributed by atoms with Gasteiger partial charge in [-0.25, -0.2) is 0 Å². The van der Waals surface area contributed by atoms with Crippen LogP contribution in [0, 0.1) is 6.92 Å². The monoisotopic (exact) mass is 301 g/mol. The lowest BCUT2D eigenvalue weighted by Crippen LogP contribution is -2.16. The van der Waals surface area contributed by atoms with Gasteiger partial charge in [0.15, 0.2) is 0 Å². The van der Waals surface area contributed by atoms with E-state index in [1.807, 2.05) is 0 Å². The number of rotatable bonds is 5. The van der Waals surface area contributed by atoms with Crippen LogP contribution in [0.3, 0.4) is 0 Å². The molecule has 0 fully saturated rings. The first kappa shape index (κ1) is 16.5. The molecule has 1 atom stereocenters. The summed E-state index contributed by atoms with van der Waals surface area (Å²) in [5.74, 6) is 1.40. The zero-order valence-corrected chi connectivity index (χ0v) is 14.5. The molecule has 0 aliphatic carbocycles. The van der Waals surface area contributed by atoms with Crippen LogP contribution in [0.25, 0.3) is 0 Å². The van der Waals surface area contributed by atoms with Crippen molar-refractivity contribution >= 4 is 0 Å². The minimum atomic E-state index is 0.0539. The highest BCUT2D eigenvalue weighted by Crippen LogP contribution is 2.40. The molecule has 4 nitrogen and oxygen atoms in total. The molecule has 1 aromatic carbocycles. The van der Waals surface area contributed by atoms with Crippen LogP contribution in [0.1, 0.15) is 62.4 Å². The largest absolute Gasteiger partial charge is 0.496 e. The second-order valence-corrected chi connectivity index (χ2v) is 6.96. The lowest BCUT2D eigenvalue weighted by atomic mass is 9.81. The van der Waals surface area contributed by atoms with Gasteiger partial charge in [-0.3, -0.25) is 0 Å². The molecule has 4 heteroatoms. The van der Waals surface area contributed by atoms with Gasteiger partial charge in [-0.15, -0.1) is 0 Å². The van der Waals surface area contributed by atoms with Crippen LogP contribution >= 0.6 is 0 Å². The van der Waals surface area contributed by atoms with E-state index in [0.29, 0.717) is 5.92 Å². The molecule has 0 bridgehead atoms. The molecule has 1 unspecified atom stereocenters. The number of hydrogen-bond acceptors (Lipinski definition) is 3. The quantitative estimate of drug-likeness (QED) is 0.902. The van der Waals surface area contributed by atoms with Crippen LogP contribution in [0.2, 0.25) is 0 Å². The number of hydrogen-bond donors (Lipinski definition) is 1. The molecule has 0 aliphatic rings. The fourth-order valence-corrected chi connectivity index (χ4v) is 2.94. The van der Waals surface area contributed by atoms with Crippen LogP contribution in [0.4, 0.5) is 0 Å². The third-order valence-electron chi connectivity index (χ3n) is 4.13. The molecule has 0 saturated carbocycles. The third kappa shape index (κ3) is 3.49. The molecule has 0 saturated heterocycles. The summed E-state index contributed by atoms with van der Waals surface area (Å²) >= 11 is 0. The van der Waals surface area contributed by atoms with E-state index >= 15 is 0 Å². The Morgan fingerprint density at radius 1 is 1.27 bits per heavy atom. The van der Waals surface area contributed by atoms with E-state index in [1.165, 1.54) is 16.7 Å². The highest BCUT2D eigenvalue weighted by molar-refractivity contribution is 5.49. The Hall–Kier alpha value is -1.84. The van der Waals surface area contributed by atoms with Crippen molar-refractivity contribution in [1.82, 2.24) is 15.4 Å². The molecular weight excluding hydrogens is 274 g/mol. The minimum Gasteiger partial charge on any atom is -0.496 e. The van der Waals surface area contributed by atoms with Crippen LogP contribution < -0.4 is 4.74 Å². The predicted octanol–water partition coefficient (Wildman–Crippen LogP) is 4.16. The number of benzene rings is 1. The van der Waals surface area contributed by atoms with E-state index in [2.05, 4.69) is 62.2 Å². The predicted molar refractivity (Wildman–Crippen MR) is 89.5 cm³/mol. The fourth-order valence-electron chi connectivity index (χ4n) is 2.94. The molecule has 0 aliphatic heterocycles. The molecule has 0 spiro atoms. The smallest absolute Gasteiger partial charge is 0.126 e. The highest BCUT2D eigenvalue weighted by atomic mass is 16.5.